The van der Waals surface area contributed by atoms with E-state index >= 15 is 0 Å². The lowest BCUT2D eigenvalue weighted by molar-refractivity contribution is 0.105. The van der Waals surface area contributed by atoms with Gasteiger partial charge in [0.2, 0.25) is 0 Å². The highest BCUT2D eigenvalue weighted by Gasteiger charge is 2.13. The van der Waals surface area contributed by atoms with Crippen molar-refractivity contribution in [3.05, 3.63) is 59.7 Å². The van der Waals surface area contributed by atoms with Gasteiger partial charge in [-0.3, -0.25) is 0 Å². The van der Waals surface area contributed by atoms with Crippen LogP contribution in [-0.2, 0) is 0 Å². The molecular weight excluding hydrogens is 252 g/mol. The maximum Gasteiger partial charge on any atom is 0.125 e. The summed E-state index contributed by atoms with van der Waals surface area (Å²) in [6, 6.07) is 15.2. The molecule has 0 amide bonds. The van der Waals surface area contributed by atoms with E-state index in [-0.39, 0.29) is 6.61 Å². The molecule has 0 bridgehead atoms. The first kappa shape index (κ1) is 14.4. The molecule has 2 aromatic carbocycles. The van der Waals surface area contributed by atoms with Gasteiger partial charge in [0.25, 0.3) is 0 Å². The van der Waals surface area contributed by atoms with Gasteiger partial charge in [0.15, 0.2) is 0 Å². The number of benzene rings is 2. The van der Waals surface area contributed by atoms with E-state index in [0.717, 1.165) is 11.3 Å². The van der Waals surface area contributed by atoms with E-state index in [9.17, 15) is 5.11 Å². The predicted octanol–water partition coefficient (Wildman–Crippen LogP) is 3.51. The first-order chi connectivity index (χ1) is 9.70. The van der Waals surface area contributed by atoms with E-state index in [2.05, 4.69) is 0 Å². The van der Waals surface area contributed by atoms with Crippen LogP contribution in [0.15, 0.2) is 48.5 Å². The van der Waals surface area contributed by atoms with Crippen LogP contribution in [0.1, 0.15) is 24.2 Å². The van der Waals surface area contributed by atoms with Crippen molar-refractivity contribution in [1.82, 2.24) is 0 Å². The van der Waals surface area contributed by atoms with E-state index in [0.29, 0.717) is 12.4 Å². The van der Waals surface area contributed by atoms with Crippen LogP contribution in [0.5, 0.6) is 11.5 Å². The summed E-state index contributed by atoms with van der Waals surface area (Å²) in [6.45, 7) is 4.72. The van der Waals surface area contributed by atoms with Gasteiger partial charge in [-0.05, 0) is 32.0 Å². The number of hydrogen-bond acceptors (Lipinski definition) is 3. The zero-order valence-corrected chi connectivity index (χ0v) is 11.9. The summed E-state index contributed by atoms with van der Waals surface area (Å²) in [7, 11) is 0. The molecule has 1 N–H and O–H groups in total. The fraction of sp³-hybridized carbons (Fsp3) is 0.294. The van der Waals surface area contributed by atoms with Gasteiger partial charge < -0.3 is 14.6 Å². The monoisotopic (exact) mass is 272 g/mol. The Bertz CT molecular complexity index is 534. The molecule has 20 heavy (non-hydrogen) atoms. The molecule has 0 spiro atoms. The molecule has 0 saturated carbocycles. The van der Waals surface area contributed by atoms with Crippen LogP contribution in [0.3, 0.4) is 0 Å². The lowest BCUT2D eigenvalue weighted by Gasteiger charge is -2.16. The number of rotatable bonds is 6. The fourth-order valence-corrected chi connectivity index (χ4v) is 1.94. The van der Waals surface area contributed by atoms with Crippen molar-refractivity contribution in [1.29, 1.82) is 0 Å². The SMILES string of the molecule is CCOc1ccccc1C(O)COc1ccc(C)cc1. The zero-order valence-electron chi connectivity index (χ0n) is 11.9. The standard InChI is InChI=1S/C17H20O3/c1-3-19-17-7-5-4-6-15(17)16(18)12-20-14-10-8-13(2)9-11-14/h4-11,16,18H,3,12H2,1-2H3. The Balaban J connectivity index is 2.01. The molecule has 0 aromatic heterocycles. The third-order valence-electron chi connectivity index (χ3n) is 3.01. The summed E-state index contributed by atoms with van der Waals surface area (Å²) in [5.41, 5.74) is 1.93. The van der Waals surface area contributed by atoms with Gasteiger partial charge >= 0.3 is 0 Å². The minimum absolute atomic E-state index is 0.202. The molecule has 2 rings (SSSR count). The number of aliphatic hydroxyl groups is 1. The predicted molar refractivity (Wildman–Crippen MR) is 79.2 cm³/mol. The third-order valence-corrected chi connectivity index (χ3v) is 3.01. The molecular formula is C17H20O3. The average molecular weight is 272 g/mol. The summed E-state index contributed by atoms with van der Waals surface area (Å²) in [5, 5.41) is 10.2. The molecule has 106 valence electrons. The van der Waals surface area contributed by atoms with E-state index in [1.165, 1.54) is 5.56 Å². The lowest BCUT2D eigenvalue weighted by atomic mass is 10.1. The molecule has 1 atom stereocenters. The Labute approximate surface area is 119 Å². The number of aryl methyl sites for hydroxylation is 1. The molecule has 3 nitrogen and oxygen atoms in total. The van der Waals surface area contributed by atoms with Crippen LogP contribution >= 0.6 is 0 Å². The quantitative estimate of drug-likeness (QED) is 0.874. The first-order valence-corrected chi connectivity index (χ1v) is 6.80. The second-order valence-corrected chi connectivity index (χ2v) is 4.61. The van der Waals surface area contributed by atoms with Crippen LogP contribution in [0, 0.1) is 6.92 Å². The highest BCUT2D eigenvalue weighted by atomic mass is 16.5. The summed E-state index contributed by atoms with van der Waals surface area (Å²) < 4.78 is 11.1. The van der Waals surface area contributed by atoms with Crippen molar-refractivity contribution in [3.63, 3.8) is 0 Å². The Morgan fingerprint density at radius 2 is 1.70 bits per heavy atom. The van der Waals surface area contributed by atoms with E-state index < -0.39 is 6.10 Å². The number of para-hydroxylation sites is 1. The number of ether oxygens (including phenoxy) is 2. The molecule has 0 aliphatic heterocycles. The van der Waals surface area contributed by atoms with Crippen LogP contribution < -0.4 is 9.47 Å². The van der Waals surface area contributed by atoms with Crippen molar-refractivity contribution in [2.45, 2.75) is 20.0 Å². The molecule has 2 aromatic rings. The second-order valence-electron chi connectivity index (χ2n) is 4.61. The fourth-order valence-electron chi connectivity index (χ4n) is 1.94. The van der Waals surface area contributed by atoms with Crippen LogP contribution in [0.4, 0.5) is 0 Å². The molecule has 0 aliphatic rings. The average Bonchev–Trinajstić information content (AvgIpc) is 2.47. The Morgan fingerprint density at radius 3 is 2.40 bits per heavy atom. The van der Waals surface area contributed by atoms with Crippen molar-refractivity contribution < 1.29 is 14.6 Å². The van der Waals surface area contributed by atoms with Crippen LogP contribution in [0.25, 0.3) is 0 Å². The second kappa shape index (κ2) is 6.96. The summed E-state index contributed by atoms with van der Waals surface area (Å²) in [6.07, 6.45) is -0.709. The molecule has 0 saturated heterocycles. The van der Waals surface area contributed by atoms with Gasteiger partial charge in [-0.2, -0.15) is 0 Å². The Hall–Kier alpha value is -2.00. The molecule has 3 heteroatoms. The number of aliphatic hydroxyl groups excluding tert-OH is 1. The van der Waals surface area contributed by atoms with E-state index in [4.69, 9.17) is 9.47 Å². The van der Waals surface area contributed by atoms with Crippen molar-refractivity contribution >= 4 is 0 Å². The molecule has 0 fully saturated rings. The largest absolute Gasteiger partial charge is 0.493 e. The lowest BCUT2D eigenvalue weighted by Crippen LogP contribution is -2.11. The van der Waals surface area contributed by atoms with E-state index in [1.807, 2.05) is 62.4 Å². The van der Waals surface area contributed by atoms with E-state index in [1.54, 1.807) is 0 Å². The highest BCUT2D eigenvalue weighted by molar-refractivity contribution is 5.35. The summed E-state index contributed by atoms with van der Waals surface area (Å²) in [4.78, 5) is 0. The van der Waals surface area contributed by atoms with Gasteiger partial charge in [-0.15, -0.1) is 0 Å². The summed E-state index contributed by atoms with van der Waals surface area (Å²) in [5.74, 6) is 1.46. The minimum Gasteiger partial charge on any atom is -0.493 e. The molecule has 1 unspecified atom stereocenters. The Kier molecular flexibility index (Phi) is 5.02. The first-order valence-electron chi connectivity index (χ1n) is 6.80. The normalized spacial score (nSPS) is 11.9. The van der Waals surface area contributed by atoms with Gasteiger partial charge in [-0.1, -0.05) is 35.9 Å². The molecule has 0 heterocycles. The van der Waals surface area contributed by atoms with Crippen molar-refractivity contribution in [2.75, 3.05) is 13.2 Å². The topological polar surface area (TPSA) is 38.7 Å². The third kappa shape index (κ3) is 3.75. The molecule has 0 aliphatic carbocycles. The smallest absolute Gasteiger partial charge is 0.125 e. The van der Waals surface area contributed by atoms with Crippen molar-refractivity contribution in [2.24, 2.45) is 0 Å². The van der Waals surface area contributed by atoms with Gasteiger partial charge in [-0.25, -0.2) is 0 Å². The highest BCUT2D eigenvalue weighted by Crippen LogP contribution is 2.25. The maximum atomic E-state index is 10.2. The molecule has 0 radical (unpaired) electrons. The minimum atomic E-state index is -0.709. The van der Waals surface area contributed by atoms with Crippen molar-refractivity contribution in [3.8, 4) is 11.5 Å². The van der Waals surface area contributed by atoms with Gasteiger partial charge in [0.05, 0.1) is 6.61 Å². The van der Waals surface area contributed by atoms with Crippen LogP contribution in [-0.4, -0.2) is 18.3 Å². The van der Waals surface area contributed by atoms with Gasteiger partial charge in [0.1, 0.15) is 24.2 Å². The van der Waals surface area contributed by atoms with Crippen LogP contribution in [0.2, 0.25) is 0 Å². The zero-order chi connectivity index (χ0) is 14.4. The van der Waals surface area contributed by atoms with Gasteiger partial charge in [0, 0.05) is 5.56 Å². The Morgan fingerprint density at radius 1 is 1.00 bits per heavy atom. The summed E-state index contributed by atoms with van der Waals surface area (Å²) >= 11 is 0. The number of hydrogen-bond donors (Lipinski definition) is 1. The maximum absolute atomic E-state index is 10.2.